The summed E-state index contributed by atoms with van der Waals surface area (Å²) in [5, 5.41) is 8.67. The van der Waals surface area contributed by atoms with Gasteiger partial charge in [0, 0.05) is 45.0 Å². The Kier molecular flexibility index (Phi) is 5.89. The van der Waals surface area contributed by atoms with E-state index in [9.17, 15) is 18.0 Å². The maximum Gasteiger partial charge on any atom is 0.305 e. The van der Waals surface area contributed by atoms with Crippen molar-refractivity contribution in [2.24, 2.45) is 5.92 Å². The van der Waals surface area contributed by atoms with Crippen LogP contribution in [0.25, 0.3) is 0 Å². The first-order chi connectivity index (χ1) is 11.3. The molecule has 9 heteroatoms. The number of nitrogens with zero attached hydrogens (tertiary/aromatic N) is 3. The summed E-state index contributed by atoms with van der Waals surface area (Å²) in [6, 6.07) is 3.07. The normalized spacial score (nSPS) is 16.7. The first-order valence-electron chi connectivity index (χ1n) is 7.69. The lowest BCUT2D eigenvalue weighted by atomic mass is 9.96. The molecule has 0 saturated carbocycles. The molecule has 1 aromatic heterocycles. The van der Waals surface area contributed by atoms with Crippen LogP contribution < -0.4 is 0 Å². The Hall–Kier alpha value is -2.00. The smallest absolute Gasteiger partial charge is 0.305 e. The van der Waals surface area contributed by atoms with Crippen LogP contribution in [0.2, 0.25) is 0 Å². The maximum absolute atomic E-state index is 12.5. The molecule has 2 rings (SSSR count). The molecule has 1 N–H and O–H groups in total. The Labute approximate surface area is 141 Å². The Morgan fingerprint density at radius 1 is 1.38 bits per heavy atom. The lowest BCUT2D eigenvalue weighted by Gasteiger charge is -2.32. The van der Waals surface area contributed by atoms with Gasteiger partial charge in [-0.05, 0) is 25.0 Å². The van der Waals surface area contributed by atoms with E-state index in [0.717, 1.165) is 0 Å². The number of carboxylic acid groups (broad SMARTS) is 1. The monoisotopic (exact) mass is 355 g/mol. The van der Waals surface area contributed by atoms with Gasteiger partial charge in [0.05, 0.1) is 6.42 Å². The second kappa shape index (κ2) is 7.71. The second-order valence-electron chi connectivity index (χ2n) is 5.77. The number of carbonyl (C=O) groups excluding carboxylic acids is 1. The molecule has 0 spiro atoms. The largest absolute Gasteiger partial charge is 0.481 e. The van der Waals surface area contributed by atoms with Crippen molar-refractivity contribution in [2.75, 3.05) is 26.7 Å². The first kappa shape index (κ1) is 18.3. The first-order valence-corrected chi connectivity index (χ1v) is 9.13. The summed E-state index contributed by atoms with van der Waals surface area (Å²) < 4.78 is 26.4. The van der Waals surface area contributed by atoms with Gasteiger partial charge in [-0.3, -0.25) is 14.6 Å². The minimum Gasteiger partial charge on any atom is -0.481 e. The molecule has 2 heterocycles. The van der Waals surface area contributed by atoms with E-state index >= 15 is 0 Å². The van der Waals surface area contributed by atoms with Gasteiger partial charge in [0.15, 0.2) is 0 Å². The quantitative estimate of drug-likeness (QED) is 0.792. The van der Waals surface area contributed by atoms with Crippen molar-refractivity contribution in [3.8, 4) is 0 Å². The van der Waals surface area contributed by atoms with Crippen LogP contribution in [0.1, 0.15) is 19.3 Å². The van der Waals surface area contributed by atoms with Crippen molar-refractivity contribution in [1.82, 2.24) is 14.2 Å². The van der Waals surface area contributed by atoms with Crippen molar-refractivity contribution >= 4 is 21.9 Å². The Morgan fingerprint density at radius 2 is 2.04 bits per heavy atom. The highest BCUT2D eigenvalue weighted by Crippen LogP contribution is 2.24. The highest BCUT2D eigenvalue weighted by Gasteiger charge is 2.33. The van der Waals surface area contributed by atoms with E-state index in [-0.39, 0.29) is 42.8 Å². The standard InChI is InChI=1S/C15H21N3O5S/c1-17(8-6-14(19)20)15(21)12-4-9-18(10-5-12)24(22,23)13-3-2-7-16-11-13/h2-3,7,11-12H,4-6,8-10H2,1H3,(H,19,20). The minimum absolute atomic E-state index is 0.101. The molecular formula is C15H21N3O5S. The van der Waals surface area contributed by atoms with E-state index in [4.69, 9.17) is 5.11 Å². The molecule has 1 amide bonds. The molecule has 1 aliphatic rings. The fourth-order valence-electron chi connectivity index (χ4n) is 2.68. The van der Waals surface area contributed by atoms with Crippen LogP contribution in [0, 0.1) is 5.92 Å². The SMILES string of the molecule is CN(CCC(=O)O)C(=O)C1CCN(S(=O)(=O)c2cccnc2)CC1. The number of aromatic nitrogens is 1. The van der Waals surface area contributed by atoms with Crippen LogP contribution in [-0.2, 0) is 19.6 Å². The average Bonchev–Trinajstić information content (AvgIpc) is 2.59. The Morgan fingerprint density at radius 3 is 2.58 bits per heavy atom. The van der Waals surface area contributed by atoms with Gasteiger partial charge >= 0.3 is 5.97 Å². The van der Waals surface area contributed by atoms with Gasteiger partial charge in [0.2, 0.25) is 15.9 Å². The fourth-order valence-corrected chi connectivity index (χ4v) is 4.11. The highest BCUT2D eigenvalue weighted by molar-refractivity contribution is 7.89. The fraction of sp³-hybridized carbons (Fsp3) is 0.533. The third kappa shape index (κ3) is 4.30. The van der Waals surface area contributed by atoms with Gasteiger partial charge in [-0.25, -0.2) is 8.42 Å². The highest BCUT2D eigenvalue weighted by atomic mass is 32.2. The zero-order valence-corrected chi connectivity index (χ0v) is 14.3. The summed E-state index contributed by atoms with van der Waals surface area (Å²) in [4.78, 5) is 28.3. The van der Waals surface area contributed by atoms with E-state index in [1.54, 1.807) is 13.1 Å². The molecular weight excluding hydrogens is 334 g/mol. The lowest BCUT2D eigenvalue weighted by molar-refractivity contribution is -0.139. The van der Waals surface area contributed by atoms with Crippen molar-refractivity contribution < 1.29 is 23.1 Å². The topological polar surface area (TPSA) is 108 Å². The van der Waals surface area contributed by atoms with Crippen molar-refractivity contribution in [2.45, 2.75) is 24.2 Å². The summed E-state index contributed by atoms with van der Waals surface area (Å²) in [5.41, 5.74) is 0. The molecule has 0 unspecified atom stereocenters. The van der Waals surface area contributed by atoms with E-state index in [1.807, 2.05) is 0 Å². The van der Waals surface area contributed by atoms with Crippen LogP contribution in [0.5, 0.6) is 0 Å². The molecule has 1 saturated heterocycles. The molecule has 1 aromatic rings. The Balaban J connectivity index is 1.94. The number of hydrogen-bond donors (Lipinski definition) is 1. The average molecular weight is 355 g/mol. The summed E-state index contributed by atoms with van der Waals surface area (Å²) in [5.74, 6) is -1.36. The van der Waals surface area contributed by atoms with E-state index in [2.05, 4.69) is 4.98 Å². The molecule has 0 aliphatic carbocycles. The van der Waals surface area contributed by atoms with E-state index in [0.29, 0.717) is 12.8 Å². The van der Waals surface area contributed by atoms with Crippen LogP contribution in [0.3, 0.4) is 0 Å². The summed E-state index contributed by atoms with van der Waals surface area (Å²) in [7, 11) is -2.01. The number of carbonyl (C=O) groups is 2. The molecule has 1 aliphatic heterocycles. The second-order valence-corrected chi connectivity index (χ2v) is 7.71. The lowest BCUT2D eigenvalue weighted by Crippen LogP contribution is -2.43. The molecule has 132 valence electrons. The summed E-state index contributed by atoms with van der Waals surface area (Å²) in [6.45, 7) is 0.684. The Bertz CT molecular complexity index is 684. The zero-order valence-electron chi connectivity index (χ0n) is 13.5. The number of piperidine rings is 1. The van der Waals surface area contributed by atoms with E-state index < -0.39 is 16.0 Å². The summed E-state index contributed by atoms with van der Waals surface area (Å²) in [6.07, 6.45) is 3.57. The molecule has 0 radical (unpaired) electrons. The predicted molar refractivity (Wildman–Crippen MR) is 85.6 cm³/mol. The number of carboxylic acids is 1. The van der Waals surface area contributed by atoms with Gasteiger partial charge in [-0.2, -0.15) is 4.31 Å². The van der Waals surface area contributed by atoms with Crippen LogP contribution in [0.15, 0.2) is 29.4 Å². The van der Waals surface area contributed by atoms with Crippen molar-refractivity contribution in [3.63, 3.8) is 0 Å². The number of amides is 1. The summed E-state index contributed by atoms with van der Waals surface area (Å²) >= 11 is 0. The van der Waals surface area contributed by atoms with Crippen molar-refractivity contribution in [3.05, 3.63) is 24.5 Å². The van der Waals surface area contributed by atoms with Gasteiger partial charge < -0.3 is 10.0 Å². The van der Waals surface area contributed by atoms with Gasteiger partial charge in [0.1, 0.15) is 4.90 Å². The number of hydrogen-bond acceptors (Lipinski definition) is 5. The molecule has 24 heavy (non-hydrogen) atoms. The van der Waals surface area contributed by atoms with Gasteiger partial charge in [-0.1, -0.05) is 0 Å². The molecule has 0 aromatic carbocycles. The number of pyridine rings is 1. The molecule has 8 nitrogen and oxygen atoms in total. The van der Waals surface area contributed by atoms with E-state index in [1.165, 1.54) is 27.7 Å². The molecule has 1 fully saturated rings. The van der Waals surface area contributed by atoms with Gasteiger partial charge in [-0.15, -0.1) is 0 Å². The maximum atomic E-state index is 12.5. The number of aliphatic carboxylic acids is 1. The van der Waals surface area contributed by atoms with Crippen LogP contribution in [-0.4, -0.2) is 66.3 Å². The number of sulfonamides is 1. The third-order valence-corrected chi connectivity index (χ3v) is 5.99. The third-order valence-electron chi connectivity index (χ3n) is 4.11. The zero-order chi connectivity index (χ0) is 17.7. The molecule has 0 atom stereocenters. The molecule has 0 bridgehead atoms. The predicted octanol–water partition coefficient (Wildman–Crippen LogP) is 0.415. The van der Waals surface area contributed by atoms with Crippen LogP contribution in [0.4, 0.5) is 0 Å². The van der Waals surface area contributed by atoms with Crippen molar-refractivity contribution in [1.29, 1.82) is 0 Å². The van der Waals surface area contributed by atoms with Gasteiger partial charge in [0.25, 0.3) is 0 Å². The minimum atomic E-state index is -3.58. The number of rotatable bonds is 6. The van der Waals surface area contributed by atoms with Crippen LogP contribution >= 0.6 is 0 Å².